The van der Waals surface area contributed by atoms with Gasteiger partial charge in [0.05, 0.1) is 30.4 Å². The highest BCUT2D eigenvalue weighted by Gasteiger charge is 2.43. The van der Waals surface area contributed by atoms with Gasteiger partial charge in [0, 0.05) is 20.0 Å². The van der Waals surface area contributed by atoms with E-state index in [0.29, 0.717) is 13.2 Å². The van der Waals surface area contributed by atoms with E-state index in [-0.39, 0.29) is 23.6 Å². The van der Waals surface area contributed by atoms with Crippen LogP contribution in [0.2, 0.25) is 0 Å². The zero-order valence-corrected chi connectivity index (χ0v) is 17.0. The normalized spacial score (nSPS) is 25.4. The van der Waals surface area contributed by atoms with Gasteiger partial charge in [-0.3, -0.25) is 4.79 Å². The van der Waals surface area contributed by atoms with Gasteiger partial charge >= 0.3 is 0 Å². The van der Waals surface area contributed by atoms with Crippen LogP contribution in [0, 0.1) is 5.92 Å². The van der Waals surface area contributed by atoms with Gasteiger partial charge in [-0.1, -0.05) is 49.6 Å². The second-order valence-corrected chi connectivity index (χ2v) is 10.2. The van der Waals surface area contributed by atoms with Crippen LogP contribution in [0.15, 0.2) is 30.3 Å². The van der Waals surface area contributed by atoms with Gasteiger partial charge in [0.1, 0.15) is 0 Å². The Morgan fingerprint density at radius 1 is 1.15 bits per heavy atom. The van der Waals surface area contributed by atoms with Crippen molar-refractivity contribution in [2.45, 2.75) is 43.6 Å². The molecule has 150 valence electrons. The maximum absolute atomic E-state index is 13.4. The molecule has 2 atom stereocenters. The SMILES string of the molecule is CN(C)S(=O)(=O)CC1COCC1NC(=O)C1(c2ccccc2)CCCCC1. The van der Waals surface area contributed by atoms with Crippen molar-refractivity contribution in [3.63, 3.8) is 0 Å². The quantitative estimate of drug-likeness (QED) is 0.800. The van der Waals surface area contributed by atoms with Crippen LogP contribution in [-0.2, 0) is 25.0 Å². The largest absolute Gasteiger partial charge is 0.379 e. The van der Waals surface area contributed by atoms with Gasteiger partial charge in [-0.15, -0.1) is 0 Å². The molecule has 3 rings (SSSR count). The molecule has 7 heteroatoms. The summed E-state index contributed by atoms with van der Waals surface area (Å²) < 4.78 is 31.3. The van der Waals surface area contributed by atoms with Crippen LogP contribution in [0.1, 0.15) is 37.7 Å². The van der Waals surface area contributed by atoms with E-state index in [9.17, 15) is 13.2 Å². The fraction of sp³-hybridized carbons (Fsp3) is 0.650. The third-order valence-electron chi connectivity index (χ3n) is 5.96. The molecule has 1 N–H and O–H groups in total. The smallest absolute Gasteiger partial charge is 0.230 e. The number of benzene rings is 1. The molecule has 2 fully saturated rings. The summed E-state index contributed by atoms with van der Waals surface area (Å²) in [4.78, 5) is 13.4. The van der Waals surface area contributed by atoms with Gasteiger partial charge in [-0.25, -0.2) is 12.7 Å². The highest BCUT2D eigenvalue weighted by atomic mass is 32.2. The van der Waals surface area contributed by atoms with Crippen molar-refractivity contribution in [3.8, 4) is 0 Å². The van der Waals surface area contributed by atoms with Crippen LogP contribution in [-0.4, -0.2) is 57.7 Å². The summed E-state index contributed by atoms with van der Waals surface area (Å²) in [5, 5.41) is 3.15. The Bertz CT molecular complexity index is 743. The Morgan fingerprint density at radius 2 is 1.81 bits per heavy atom. The summed E-state index contributed by atoms with van der Waals surface area (Å²) >= 11 is 0. The molecule has 1 aromatic carbocycles. The maximum Gasteiger partial charge on any atom is 0.230 e. The standard InChI is InChI=1S/C20H30N2O4S/c1-22(2)27(24,25)15-16-13-26-14-18(16)21-19(23)20(11-7-4-8-12-20)17-9-5-3-6-10-17/h3,5-6,9-10,16,18H,4,7-8,11-15H2,1-2H3,(H,21,23). The lowest BCUT2D eigenvalue weighted by molar-refractivity contribution is -0.129. The second kappa shape index (κ2) is 8.29. The molecule has 1 saturated carbocycles. The highest BCUT2D eigenvalue weighted by molar-refractivity contribution is 7.89. The van der Waals surface area contributed by atoms with Gasteiger partial charge in [-0.05, 0) is 18.4 Å². The third-order valence-corrected chi connectivity index (χ3v) is 7.93. The van der Waals surface area contributed by atoms with E-state index >= 15 is 0 Å². The summed E-state index contributed by atoms with van der Waals surface area (Å²) in [7, 11) is -0.275. The number of ether oxygens (including phenoxy) is 1. The molecule has 1 aliphatic heterocycles. The van der Waals surface area contributed by atoms with E-state index in [1.54, 1.807) is 0 Å². The van der Waals surface area contributed by atoms with E-state index in [1.165, 1.54) is 18.4 Å². The molecule has 0 bridgehead atoms. The van der Waals surface area contributed by atoms with E-state index in [0.717, 1.165) is 37.7 Å². The maximum atomic E-state index is 13.4. The third kappa shape index (κ3) is 4.36. The molecule has 1 amide bonds. The van der Waals surface area contributed by atoms with Gasteiger partial charge in [-0.2, -0.15) is 0 Å². The predicted molar refractivity (Wildman–Crippen MR) is 105 cm³/mol. The van der Waals surface area contributed by atoms with Crippen molar-refractivity contribution < 1.29 is 17.9 Å². The lowest BCUT2D eigenvalue weighted by Gasteiger charge is -2.37. The number of hydrogen-bond acceptors (Lipinski definition) is 4. The number of nitrogens with zero attached hydrogens (tertiary/aromatic N) is 1. The van der Waals surface area contributed by atoms with Crippen LogP contribution in [0.4, 0.5) is 0 Å². The first kappa shape index (κ1) is 20.3. The van der Waals surface area contributed by atoms with Crippen LogP contribution in [0.5, 0.6) is 0 Å². The molecule has 0 spiro atoms. The molecule has 1 heterocycles. The van der Waals surface area contributed by atoms with Crippen LogP contribution in [0.25, 0.3) is 0 Å². The Kier molecular flexibility index (Phi) is 6.23. The lowest BCUT2D eigenvalue weighted by atomic mass is 9.68. The molecule has 27 heavy (non-hydrogen) atoms. The molecule has 2 aliphatic rings. The number of carbonyl (C=O) groups excluding carboxylic acids is 1. The Hall–Kier alpha value is -1.44. The molecular weight excluding hydrogens is 364 g/mol. The summed E-state index contributed by atoms with van der Waals surface area (Å²) in [6.45, 7) is 0.723. The van der Waals surface area contributed by atoms with E-state index < -0.39 is 15.4 Å². The van der Waals surface area contributed by atoms with Gasteiger partial charge in [0.15, 0.2) is 0 Å². The lowest BCUT2D eigenvalue weighted by Crippen LogP contribution is -2.52. The molecular formula is C20H30N2O4S. The zero-order valence-electron chi connectivity index (χ0n) is 16.2. The van der Waals surface area contributed by atoms with Crippen LogP contribution < -0.4 is 5.32 Å². The first-order valence-electron chi connectivity index (χ1n) is 9.70. The summed E-state index contributed by atoms with van der Waals surface area (Å²) in [5.74, 6) is -0.225. The molecule has 0 aromatic heterocycles. The Labute approximate surface area is 162 Å². The first-order valence-corrected chi connectivity index (χ1v) is 11.3. The van der Waals surface area contributed by atoms with Crippen LogP contribution in [0.3, 0.4) is 0 Å². The molecule has 2 unspecified atom stereocenters. The number of carbonyl (C=O) groups is 1. The van der Waals surface area contributed by atoms with Gasteiger partial charge < -0.3 is 10.1 Å². The molecule has 0 radical (unpaired) electrons. The Morgan fingerprint density at radius 3 is 2.44 bits per heavy atom. The van der Waals surface area contributed by atoms with Crippen molar-refractivity contribution in [1.29, 1.82) is 0 Å². The predicted octanol–water partition coefficient (Wildman–Crippen LogP) is 1.91. The number of rotatable bonds is 6. The van der Waals surface area contributed by atoms with Crippen molar-refractivity contribution in [1.82, 2.24) is 9.62 Å². The molecule has 6 nitrogen and oxygen atoms in total. The zero-order chi connectivity index (χ0) is 19.5. The van der Waals surface area contributed by atoms with E-state index in [4.69, 9.17) is 4.74 Å². The van der Waals surface area contributed by atoms with Crippen molar-refractivity contribution >= 4 is 15.9 Å². The topological polar surface area (TPSA) is 75.7 Å². The molecule has 1 aromatic rings. The highest BCUT2D eigenvalue weighted by Crippen LogP contribution is 2.40. The molecule has 1 aliphatic carbocycles. The average Bonchev–Trinajstić information content (AvgIpc) is 3.08. The fourth-order valence-electron chi connectivity index (χ4n) is 4.21. The average molecular weight is 395 g/mol. The molecule has 1 saturated heterocycles. The minimum Gasteiger partial charge on any atom is -0.379 e. The number of sulfonamides is 1. The monoisotopic (exact) mass is 394 g/mol. The first-order chi connectivity index (χ1) is 12.8. The fourth-order valence-corrected chi connectivity index (χ4v) is 5.38. The van der Waals surface area contributed by atoms with Gasteiger partial charge in [0.25, 0.3) is 0 Å². The Balaban J connectivity index is 1.77. The number of amides is 1. The van der Waals surface area contributed by atoms with Crippen molar-refractivity contribution in [3.05, 3.63) is 35.9 Å². The summed E-state index contributed by atoms with van der Waals surface area (Å²) in [6.07, 6.45) is 4.87. The minimum absolute atomic E-state index is 0.0103. The van der Waals surface area contributed by atoms with E-state index in [2.05, 4.69) is 5.32 Å². The summed E-state index contributed by atoms with van der Waals surface area (Å²) in [6, 6.07) is 9.71. The van der Waals surface area contributed by atoms with Crippen LogP contribution >= 0.6 is 0 Å². The van der Waals surface area contributed by atoms with Gasteiger partial charge in [0.2, 0.25) is 15.9 Å². The van der Waals surface area contributed by atoms with Crippen molar-refractivity contribution in [2.24, 2.45) is 5.92 Å². The van der Waals surface area contributed by atoms with Crippen molar-refractivity contribution in [2.75, 3.05) is 33.1 Å². The minimum atomic E-state index is -3.34. The number of hydrogen-bond donors (Lipinski definition) is 1. The second-order valence-electron chi connectivity index (χ2n) is 7.95. The van der Waals surface area contributed by atoms with E-state index in [1.807, 2.05) is 30.3 Å². The number of nitrogens with one attached hydrogen (secondary N) is 1. The summed E-state index contributed by atoms with van der Waals surface area (Å²) in [5.41, 5.74) is 0.533.